The second-order valence-electron chi connectivity index (χ2n) is 10.1. The molecule has 1 saturated carbocycles. The standard InChI is InChI=1S/C28H44N8O4/c29-10-14-38-18-19-39-15-11-30-25(37)20-22-6-8-24(9-7-22)32-27-33-26(31-21-23-4-2-1-3-5-23)34-28(35-27)36-12-16-40-17-13-36/h6-9,23H,1-5,10-21,29H2,(H,30,37)(H2,31,32,33,34,35). The fourth-order valence-electron chi connectivity index (χ4n) is 4.78. The van der Waals surface area contributed by atoms with Crippen molar-refractivity contribution in [2.24, 2.45) is 11.7 Å². The van der Waals surface area contributed by atoms with E-state index in [1.807, 2.05) is 24.3 Å². The number of anilines is 4. The van der Waals surface area contributed by atoms with Crippen molar-refractivity contribution in [3.8, 4) is 0 Å². The number of nitrogens with one attached hydrogen (secondary N) is 3. The van der Waals surface area contributed by atoms with Gasteiger partial charge in [-0.25, -0.2) is 0 Å². The summed E-state index contributed by atoms with van der Waals surface area (Å²) >= 11 is 0. The van der Waals surface area contributed by atoms with Crippen LogP contribution in [0.1, 0.15) is 37.7 Å². The predicted molar refractivity (Wildman–Crippen MR) is 155 cm³/mol. The van der Waals surface area contributed by atoms with Crippen LogP contribution in [0.5, 0.6) is 0 Å². The first kappa shape index (κ1) is 29.9. The van der Waals surface area contributed by atoms with Crippen LogP contribution in [0.4, 0.5) is 23.5 Å². The molecule has 5 N–H and O–H groups in total. The van der Waals surface area contributed by atoms with Gasteiger partial charge in [-0.1, -0.05) is 31.4 Å². The largest absolute Gasteiger partial charge is 0.378 e. The van der Waals surface area contributed by atoms with Crippen LogP contribution in [0, 0.1) is 5.92 Å². The van der Waals surface area contributed by atoms with Crippen LogP contribution in [0.2, 0.25) is 0 Å². The van der Waals surface area contributed by atoms with Gasteiger partial charge >= 0.3 is 0 Å². The van der Waals surface area contributed by atoms with E-state index in [2.05, 4.69) is 25.8 Å². The van der Waals surface area contributed by atoms with Gasteiger partial charge in [-0.15, -0.1) is 0 Å². The van der Waals surface area contributed by atoms with Gasteiger partial charge in [0.1, 0.15) is 0 Å². The highest BCUT2D eigenvalue weighted by Crippen LogP contribution is 2.24. The molecule has 2 aromatic rings. The molecule has 220 valence electrons. The summed E-state index contributed by atoms with van der Waals surface area (Å²) in [6.45, 7) is 6.59. The number of benzene rings is 1. The average molecular weight is 557 g/mol. The Balaban J connectivity index is 1.28. The summed E-state index contributed by atoms with van der Waals surface area (Å²) in [5.74, 6) is 2.33. The zero-order valence-electron chi connectivity index (χ0n) is 23.4. The molecule has 2 heterocycles. The summed E-state index contributed by atoms with van der Waals surface area (Å²) < 4.78 is 16.2. The lowest BCUT2D eigenvalue weighted by atomic mass is 9.89. The fourth-order valence-corrected chi connectivity index (χ4v) is 4.78. The van der Waals surface area contributed by atoms with Gasteiger partial charge < -0.3 is 40.8 Å². The van der Waals surface area contributed by atoms with Gasteiger partial charge in [-0.2, -0.15) is 15.0 Å². The zero-order chi connectivity index (χ0) is 27.8. The third-order valence-electron chi connectivity index (χ3n) is 6.97. The molecule has 40 heavy (non-hydrogen) atoms. The molecule has 0 bridgehead atoms. The van der Waals surface area contributed by atoms with Crippen LogP contribution >= 0.6 is 0 Å². The maximum Gasteiger partial charge on any atom is 0.233 e. The minimum Gasteiger partial charge on any atom is -0.378 e. The van der Waals surface area contributed by atoms with Crippen LogP contribution in [0.3, 0.4) is 0 Å². The molecular formula is C28H44N8O4. The van der Waals surface area contributed by atoms with E-state index in [1.165, 1.54) is 32.1 Å². The zero-order valence-corrected chi connectivity index (χ0v) is 23.4. The topological polar surface area (TPSA) is 149 Å². The van der Waals surface area contributed by atoms with Crippen molar-refractivity contribution in [2.75, 3.05) is 87.9 Å². The Morgan fingerprint density at radius 1 is 0.950 bits per heavy atom. The number of ether oxygens (including phenoxy) is 3. The second-order valence-corrected chi connectivity index (χ2v) is 10.1. The maximum absolute atomic E-state index is 12.3. The Bertz CT molecular complexity index is 1010. The summed E-state index contributed by atoms with van der Waals surface area (Å²) in [5, 5.41) is 9.66. The molecule has 1 aliphatic carbocycles. The van der Waals surface area contributed by atoms with Crippen LogP contribution in [-0.4, -0.2) is 93.2 Å². The Labute approximate surface area is 236 Å². The highest BCUT2D eigenvalue weighted by molar-refractivity contribution is 5.78. The average Bonchev–Trinajstić information content (AvgIpc) is 2.99. The summed E-state index contributed by atoms with van der Waals surface area (Å²) in [6, 6.07) is 7.72. The molecule has 0 spiro atoms. The number of carbonyl (C=O) groups excluding carboxylic acids is 1. The molecule has 1 amide bonds. The quantitative estimate of drug-likeness (QED) is 0.225. The molecule has 1 saturated heterocycles. The minimum atomic E-state index is -0.0509. The third kappa shape index (κ3) is 10.5. The van der Waals surface area contributed by atoms with Crippen molar-refractivity contribution in [3.63, 3.8) is 0 Å². The molecule has 1 aromatic heterocycles. The Morgan fingerprint density at radius 3 is 2.42 bits per heavy atom. The van der Waals surface area contributed by atoms with Crippen molar-refractivity contribution >= 4 is 29.4 Å². The van der Waals surface area contributed by atoms with Crippen molar-refractivity contribution in [1.29, 1.82) is 0 Å². The third-order valence-corrected chi connectivity index (χ3v) is 6.97. The Kier molecular flexibility index (Phi) is 12.6. The summed E-state index contributed by atoms with van der Waals surface area (Å²) in [7, 11) is 0. The van der Waals surface area contributed by atoms with Gasteiger partial charge in [0, 0.05) is 38.4 Å². The van der Waals surface area contributed by atoms with E-state index < -0.39 is 0 Å². The lowest BCUT2D eigenvalue weighted by Gasteiger charge is -2.27. The van der Waals surface area contributed by atoms with E-state index in [0.29, 0.717) is 82.9 Å². The number of nitrogens with zero attached hydrogens (tertiary/aromatic N) is 4. The van der Waals surface area contributed by atoms with Gasteiger partial charge in [0.05, 0.1) is 46.1 Å². The van der Waals surface area contributed by atoms with E-state index in [1.54, 1.807) is 0 Å². The molecule has 12 heteroatoms. The highest BCUT2D eigenvalue weighted by Gasteiger charge is 2.18. The molecule has 1 aliphatic heterocycles. The molecule has 2 fully saturated rings. The number of rotatable bonds is 16. The monoisotopic (exact) mass is 556 g/mol. The Hall–Kier alpha value is -3.06. The van der Waals surface area contributed by atoms with Crippen molar-refractivity contribution in [1.82, 2.24) is 20.3 Å². The van der Waals surface area contributed by atoms with Gasteiger partial charge in [-0.05, 0) is 36.5 Å². The predicted octanol–water partition coefficient (Wildman–Crippen LogP) is 2.09. The first-order valence-electron chi connectivity index (χ1n) is 14.5. The van der Waals surface area contributed by atoms with Gasteiger partial charge in [-0.3, -0.25) is 4.79 Å². The summed E-state index contributed by atoms with van der Waals surface area (Å²) in [6.07, 6.45) is 6.73. The van der Waals surface area contributed by atoms with E-state index in [4.69, 9.17) is 29.9 Å². The molecule has 12 nitrogen and oxygen atoms in total. The van der Waals surface area contributed by atoms with Crippen LogP contribution in [0.25, 0.3) is 0 Å². The fraction of sp³-hybridized carbons (Fsp3) is 0.643. The van der Waals surface area contributed by atoms with Gasteiger partial charge in [0.2, 0.25) is 23.8 Å². The number of amides is 1. The number of carbonyl (C=O) groups is 1. The Morgan fingerprint density at radius 2 is 1.68 bits per heavy atom. The first-order valence-corrected chi connectivity index (χ1v) is 14.5. The van der Waals surface area contributed by atoms with Crippen LogP contribution in [-0.2, 0) is 25.4 Å². The lowest BCUT2D eigenvalue weighted by molar-refractivity contribution is -0.120. The van der Waals surface area contributed by atoms with Crippen molar-refractivity contribution in [2.45, 2.75) is 38.5 Å². The smallest absolute Gasteiger partial charge is 0.233 e. The minimum absolute atomic E-state index is 0.0509. The second kappa shape index (κ2) is 16.9. The highest BCUT2D eigenvalue weighted by atomic mass is 16.5. The molecule has 1 aromatic carbocycles. The van der Waals surface area contributed by atoms with E-state index in [-0.39, 0.29) is 5.91 Å². The summed E-state index contributed by atoms with van der Waals surface area (Å²) in [4.78, 5) is 28.5. The van der Waals surface area contributed by atoms with Crippen LogP contribution < -0.4 is 26.6 Å². The molecule has 2 aliphatic rings. The number of hydrogen-bond donors (Lipinski definition) is 4. The van der Waals surface area contributed by atoms with E-state index in [0.717, 1.165) is 30.9 Å². The van der Waals surface area contributed by atoms with Gasteiger partial charge in [0.15, 0.2) is 0 Å². The number of aromatic nitrogens is 3. The SMILES string of the molecule is NCCOCCOCCNC(=O)Cc1ccc(Nc2nc(NCC3CCCCC3)nc(N3CCOCC3)n2)cc1. The first-order chi connectivity index (χ1) is 19.7. The van der Waals surface area contributed by atoms with Crippen molar-refractivity contribution < 1.29 is 19.0 Å². The number of morpholine rings is 1. The van der Waals surface area contributed by atoms with Gasteiger partial charge in [0.25, 0.3) is 0 Å². The molecule has 4 rings (SSSR count). The van der Waals surface area contributed by atoms with Crippen molar-refractivity contribution in [3.05, 3.63) is 29.8 Å². The van der Waals surface area contributed by atoms with Crippen LogP contribution in [0.15, 0.2) is 24.3 Å². The summed E-state index contributed by atoms with van der Waals surface area (Å²) in [5.41, 5.74) is 7.12. The number of hydrogen-bond acceptors (Lipinski definition) is 11. The molecule has 0 radical (unpaired) electrons. The number of nitrogens with two attached hydrogens (primary N) is 1. The normalized spacial score (nSPS) is 16.1. The van der Waals surface area contributed by atoms with E-state index >= 15 is 0 Å². The lowest BCUT2D eigenvalue weighted by Crippen LogP contribution is -2.37. The molecule has 0 atom stereocenters. The maximum atomic E-state index is 12.3. The van der Waals surface area contributed by atoms with E-state index in [9.17, 15) is 4.79 Å². The molecular weight excluding hydrogens is 512 g/mol. The molecule has 0 unspecified atom stereocenters.